The smallest absolute Gasteiger partial charge is 0.410 e. The van der Waals surface area contributed by atoms with E-state index in [1.54, 1.807) is 4.90 Å². The Morgan fingerprint density at radius 2 is 1.97 bits per heavy atom. The maximum Gasteiger partial charge on any atom is 0.410 e. The van der Waals surface area contributed by atoms with E-state index in [4.69, 9.17) is 9.47 Å². The molecule has 1 unspecified atom stereocenters. The zero-order valence-corrected chi connectivity index (χ0v) is 20.6. The second kappa shape index (κ2) is 10.3. The zero-order valence-electron chi connectivity index (χ0n) is 20.6. The average Bonchev–Trinajstić information content (AvgIpc) is 3.35. The summed E-state index contributed by atoms with van der Waals surface area (Å²) in [4.78, 5) is 28.3. The summed E-state index contributed by atoms with van der Waals surface area (Å²) in [5.41, 5.74) is 3.51. The van der Waals surface area contributed by atoms with Crippen molar-refractivity contribution < 1.29 is 19.1 Å². The van der Waals surface area contributed by atoms with E-state index in [0.717, 1.165) is 35.7 Å². The molecule has 1 aromatic heterocycles. The summed E-state index contributed by atoms with van der Waals surface area (Å²) in [6.07, 6.45) is 0.923. The number of rotatable bonds is 7. The Bertz CT molecular complexity index is 979. The summed E-state index contributed by atoms with van der Waals surface area (Å²) in [5, 5.41) is 4.60. The molecule has 0 aliphatic carbocycles. The molecule has 2 aromatic rings. The number of amides is 1. The molecule has 8 nitrogen and oxygen atoms in total. The number of carbonyl (C=O) groups is 2. The van der Waals surface area contributed by atoms with Crippen LogP contribution in [0.5, 0.6) is 0 Å². The summed E-state index contributed by atoms with van der Waals surface area (Å²) in [6, 6.07) is 10.2. The van der Waals surface area contributed by atoms with Crippen molar-refractivity contribution in [2.24, 2.45) is 5.92 Å². The molecule has 33 heavy (non-hydrogen) atoms. The number of benzene rings is 1. The van der Waals surface area contributed by atoms with Crippen LogP contribution in [0.3, 0.4) is 0 Å². The molecule has 0 saturated carbocycles. The van der Waals surface area contributed by atoms with Crippen molar-refractivity contribution in [3.8, 4) is 5.69 Å². The van der Waals surface area contributed by atoms with E-state index in [1.807, 2.05) is 63.6 Å². The van der Waals surface area contributed by atoms with Crippen molar-refractivity contribution in [1.29, 1.82) is 0 Å². The molecule has 3 rings (SSSR count). The van der Waals surface area contributed by atoms with Gasteiger partial charge in [-0.2, -0.15) is 5.10 Å². The molecular formula is C25H36N4O4. The number of likely N-dealkylation sites (tertiary alicyclic amines) is 1. The van der Waals surface area contributed by atoms with Gasteiger partial charge in [0.2, 0.25) is 0 Å². The summed E-state index contributed by atoms with van der Waals surface area (Å²) in [6.45, 7) is 12.2. The van der Waals surface area contributed by atoms with Crippen molar-refractivity contribution in [3.63, 3.8) is 0 Å². The van der Waals surface area contributed by atoms with E-state index in [1.165, 1.54) is 7.11 Å². The minimum Gasteiger partial charge on any atom is -0.469 e. The summed E-state index contributed by atoms with van der Waals surface area (Å²) < 4.78 is 12.3. The summed E-state index contributed by atoms with van der Waals surface area (Å²) in [5.74, 6) is 0.0454. The topological polar surface area (TPSA) is 76.9 Å². The molecule has 1 amide bonds. The number of aryl methyl sites for hydroxylation is 2. The number of anilines is 1. The van der Waals surface area contributed by atoms with Crippen LogP contribution in [0.15, 0.2) is 30.3 Å². The molecule has 0 bridgehead atoms. The Morgan fingerprint density at radius 1 is 1.21 bits per heavy atom. The summed E-state index contributed by atoms with van der Waals surface area (Å²) in [7, 11) is 1.41. The molecule has 1 aliphatic heterocycles. The van der Waals surface area contributed by atoms with Gasteiger partial charge in [-0.25, -0.2) is 9.48 Å². The number of hydrogen-bond donors (Lipinski definition) is 0. The maximum absolute atomic E-state index is 12.5. The fraction of sp³-hybridized carbons (Fsp3) is 0.560. The van der Waals surface area contributed by atoms with Crippen molar-refractivity contribution >= 4 is 17.7 Å². The molecule has 1 saturated heterocycles. The first-order chi connectivity index (χ1) is 15.6. The first kappa shape index (κ1) is 24.6. The lowest BCUT2D eigenvalue weighted by Crippen LogP contribution is -2.37. The standard InChI is InChI=1S/C25H36N4O4/c1-18-14-19(2)29(26-18)22-9-7-8-21(15-22)27(13-11-23(30)32-6)16-20-10-12-28(17-20)24(31)33-25(3,4)5/h7-9,14-15,20H,10-13,16-17H2,1-6H3. The van der Waals surface area contributed by atoms with Gasteiger partial charge in [-0.3, -0.25) is 4.79 Å². The van der Waals surface area contributed by atoms with Gasteiger partial charge in [0.1, 0.15) is 5.60 Å². The lowest BCUT2D eigenvalue weighted by molar-refractivity contribution is -0.140. The fourth-order valence-electron chi connectivity index (χ4n) is 4.15. The third-order valence-corrected chi connectivity index (χ3v) is 5.68. The van der Waals surface area contributed by atoms with Crippen molar-refractivity contribution in [1.82, 2.24) is 14.7 Å². The van der Waals surface area contributed by atoms with E-state index in [2.05, 4.69) is 16.1 Å². The third kappa shape index (κ3) is 6.73. The highest BCUT2D eigenvalue weighted by molar-refractivity contribution is 5.70. The zero-order chi connectivity index (χ0) is 24.2. The van der Waals surface area contributed by atoms with Crippen LogP contribution < -0.4 is 4.90 Å². The van der Waals surface area contributed by atoms with E-state index in [9.17, 15) is 9.59 Å². The van der Waals surface area contributed by atoms with Gasteiger partial charge in [0.25, 0.3) is 0 Å². The third-order valence-electron chi connectivity index (χ3n) is 5.68. The lowest BCUT2D eigenvalue weighted by atomic mass is 10.1. The highest BCUT2D eigenvalue weighted by Gasteiger charge is 2.31. The maximum atomic E-state index is 12.5. The normalized spacial score (nSPS) is 16.1. The van der Waals surface area contributed by atoms with E-state index in [0.29, 0.717) is 26.1 Å². The predicted molar refractivity (Wildman–Crippen MR) is 128 cm³/mol. The van der Waals surface area contributed by atoms with Gasteiger partial charge >= 0.3 is 12.1 Å². The van der Waals surface area contributed by atoms with Gasteiger partial charge in [-0.15, -0.1) is 0 Å². The first-order valence-corrected chi connectivity index (χ1v) is 11.5. The number of hydrogen-bond acceptors (Lipinski definition) is 6. The molecule has 0 N–H and O–H groups in total. The Labute approximate surface area is 196 Å². The molecule has 180 valence electrons. The van der Waals surface area contributed by atoms with Crippen LogP contribution >= 0.6 is 0 Å². The van der Waals surface area contributed by atoms with Gasteiger partial charge in [0.15, 0.2) is 0 Å². The Morgan fingerprint density at radius 3 is 2.61 bits per heavy atom. The predicted octanol–water partition coefficient (Wildman–Crippen LogP) is 4.12. The van der Waals surface area contributed by atoms with Gasteiger partial charge in [0, 0.05) is 37.6 Å². The molecular weight excluding hydrogens is 420 g/mol. The Balaban J connectivity index is 1.76. The van der Waals surface area contributed by atoms with Crippen molar-refractivity contribution in [2.45, 2.75) is 53.1 Å². The summed E-state index contributed by atoms with van der Waals surface area (Å²) >= 11 is 0. The highest BCUT2D eigenvalue weighted by Crippen LogP contribution is 2.25. The lowest BCUT2D eigenvalue weighted by Gasteiger charge is -2.28. The Hall–Kier alpha value is -3.03. The van der Waals surface area contributed by atoms with Crippen LogP contribution in [0.4, 0.5) is 10.5 Å². The van der Waals surface area contributed by atoms with Gasteiger partial charge in [0.05, 0.1) is 24.9 Å². The minimum atomic E-state index is -0.509. The van der Waals surface area contributed by atoms with Crippen LogP contribution in [0, 0.1) is 19.8 Å². The average molecular weight is 457 g/mol. The van der Waals surface area contributed by atoms with Crippen molar-refractivity contribution in [3.05, 3.63) is 41.7 Å². The second-order valence-corrected chi connectivity index (χ2v) is 9.71. The highest BCUT2D eigenvalue weighted by atomic mass is 16.6. The van der Waals surface area contributed by atoms with Crippen LogP contribution in [-0.2, 0) is 14.3 Å². The first-order valence-electron chi connectivity index (χ1n) is 11.5. The number of methoxy groups -OCH3 is 1. The van der Waals surface area contributed by atoms with E-state index >= 15 is 0 Å². The molecule has 0 radical (unpaired) electrons. The van der Waals surface area contributed by atoms with E-state index < -0.39 is 5.60 Å². The number of esters is 1. The van der Waals surface area contributed by atoms with Crippen LogP contribution in [0.2, 0.25) is 0 Å². The molecule has 1 aliphatic rings. The van der Waals surface area contributed by atoms with E-state index in [-0.39, 0.29) is 18.0 Å². The number of nitrogens with zero attached hydrogens (tertiary/aromatic N) is 4. The molecule has 1 fully saturated rings. The van der Waals surface area contributed by atoms with Gasteiger partial charge in [-0.05, 0) is 71.2 Å². The SMILES string of the molecule is COC(=O)CCN(CC1CCN(C(=O)OC(C)(C)C)C1)c1cccc(-n2nc(C)cc2C)c1. The van der Waals surface area contributed by atoms with Crippen LogP contribution in [0.1, 0.15) is 45.0 Å². The van der Waals surface area contributed by atoms with Crippen LogP contribution in [-0.4, -0.2) is 65.6 Å². The minimum absolute atomic E-state index is 0.239. The molecule has 2 heterocycles. The fourth-order valence-corrected chi connectivity index (χ4v) is 4.15. The monoisotopic (exact) mass is 456 g/mol. The number of carbonyl (C=O) groups excluding carboxylic acids is 2. The van der Waals surface area contributed by atoms with Gasteiger partial charge < -0.3 is 19.3 Å². The number of ether oxygens (including phenoxy) is 2. The molecule has 0 spiro atoms. The largest absolute Gasteiger partial charge is 0.469 e. The molecule has 1 atom stereocenters. The molecule has 8 heteroatoms. The quantitative estimate of drug-likeness (QED) is 0.584. The molecule has 1 aromatic carbocycles. The van der Waals surface area contributed by atoms with Crippen molar-refractivity contribution in [2.75, 3.05) is 38.2 Å². The van der Waals surface area contributed by atoms with Crippen LogP contribution in [0.25, 0.3) is 5.69 Å². The number of aromatic nitrogens is 2. The second-order valence-electron chi connectivity index (χ2n) is 9.71. The van der Waals surface area contributed by atoms with Gasteiger partial charge in [-0.1, -0.05) is 6.07 Å². The Kier molecular flexibility index (Phi) is 7.66.